The first-order chi connectivity index (χ1) is 13.3. The Bertz CT molecular complexity index is 1070. The molecular weight excluding hydrogens is 362 g/mol. The number of pyridine rings is 1. The van der Waals surface area contributed by atoms with E-state index in [1.165, 1.54) is 0 Å². The number of hydrogen-bond acceptors (Lipinski definition) is 7. The molecule has 0 radical (unpaired) electrons. The zero-order valence-corrected chi connectivity index (χ0v) is 15.7. The van der Waals surface area contributed by atoms with E-state index in [1.807, 2.05) is 48.5 Å². The van der Waals surface area contributed by atoms with Crippen molar-refractivity contribution < 1.29 is 9.47 Å². The maximum atomic E-state index is 5.38. The second-order valence-corrected chi connectivity index (χ2v) is 6.64. The first-order valence-corrected chi connectivity index (χ1v) is 9.24. The molecular formula is C19H17N5O2S. The van der Waals surface area contributed by atoms with Gasteiger partial charge in [-0.3, -0.25) is 4.98 Å². The lowest BCUT2D eigenvalue weighted by molar-refractivity contribution is 0.355. The first-order valence-electron chi connectivity index (χ1n) is 8.26. The van der Waals surface area contributed by atoms with E-state index in [1.54, 1.807) is 36.7 Å². The van der Waals surface area contributed by atoms with E-state index in [9.17, 15) is 0 Å². The molecule has 0 fully saturated rings. The summed E-state index contributed by atoms with van der Waals surface area (Å²) in [6, 6.07) is 15.4. The Balaban J connectivity index is 1.66. The fourth-order valence-electron chi connectivity index (χ4n) is 2.64. The van der Waals surface area contributed by atoms with Crippen LogP contribution in [0.3, 0.4) is 0 Å². The average Bonchev–Trinajstić information content (AvgIpc) is 3.15. The number of fused-ring (bicyclic) bond motifs is 1. The molecule has 7 nitrogen and oxygen atoms in total. The Kier molecular flexibility index (Phi) is 4.88. The van der Waals surface area contributed by atoms with Crippen LogP contribution in [0.4, 0.5) is 0 Å². The molecule has 8 heteroatoms. The predicted molar refractivity (Wildman–Crippen MR) is 103 cm³/mol. The highest BCUT2D eigenvalue weighted by molar-refractivity contribution is 7.98. The lowest BCUT2D eigenvalue weighted by Gasteiger charge is -2.08. The Labute approximate surface area is 160 Å². The zero-order chi connectivity index (χ0) is 18.6. The van der Waals surface area contributed by atoms with Gasteiger partial charge in [-0.05, 0) is 42.5 Å². The predicted octanol–water partition coefficient (Wildman–Crippen LogP) is 3.50. The summed E-state index contributed by atoms with van der Waals surface area (Å²) < 4.78 is 12.4. The van der Waals surface area contributed by atoms with Crippen molar-refractivity contribution in [3.8, 4) is 22.9 Å². The molecule has 0 amide bonds. The summed E-state index contributed by atoms with van der Waals surface area (Å²) >= 11 is 1.61. The summed E-state index contributed by atoms with van der Waals surface area (Å²) in [5.41, 5.74) is 2.54. The molecule has 4 aromatic rings. The minimum absolute atomic E-state index is 0.632. The number of thioether (sulfide) groups is 1. The Morgan fingerprint density at radius 1 is 0.963 bits per heavy atom. The van der Waals surface area contributed by atoms with Crippen LogP contribution in [0.25, 0.3) is 17.0 Å². The van der Waals surface area contributed by atoms with Gasteiger partial charge in [-0.1, -0.05) is 17.8 Å². The van der Waals surface area contributed by atoms with Gasteiger partial charge in [-0.25, -0.2) is 0 Å². The summed E-state index contributed by atoms with van der Waals surface area (Å²) in [4.78, 5) is 4.34. The molecule has 0 saturated heterocycles. The standard InChI is InChI=1S/C19H17N5O2S/c1-25-15-7-6-13(11-16(15)26-2)19-22-21-17-8-9-18(23-24(17)19)27-12-14-5-3-4-10-20-14/h3-11H,12H2,1-2H3. The van der Waals surface area contributed by atoms with Gasteiger partial charge < -0.3 is 9.47 Å². The zero-order valence-electron chi connectivity index (χ0n) is 14.9. The Morgan fingerprint density at radius 2 is 1.85 bits per heavy atom. The summed E-state index contributed by atoms with van der Waals surface area (Å²) in [7, 11) is 3.21. The van der Waals surface area contributed by atoms with Crippen LogP contribution in [-0.4, -0.2) is 39.0 Å². The van der Waals surface area contributed by atoms with E-state index in [2.05, 4.69) is 20.3 Å². The quantitative estimate of drug-likeness (QED) is 0.475. The second-order valence-electron chi connectivity index (χ2n) is 5.64. The van der Waals surface area contributed by atoms with E-state index in [0.717, 1.165) is 22.0 Å². The summed E-state index contributed by atoms with van der Waals surface area (Å²) in [6.45, 7) is 0. The smallest absolute Gasteiger partial charge is 0.185 e. The minimum Gasteiger partial charge on any atom is -0.493 e. The molecule has 3 heterocycles. The van der Waals surface area contributed by atoms with Crippen molar-refractivity contribution in [3.63, 3.8) is 0 Å². The molecule has 27 heavy (non-hydrogen) atoms. The van der Waals surface area contributed by atoms with Gasteiger partial charge in [0.25, 0.3) is 0 Å². The van der Waals surface area contributed by atoms with Crippen LogP contribution in [0.2, 0.25) is 0 Å². The van der Waals surface area contributed by atoms with Crippen LogP contribution < -0.4 is 9.47 Å². The second kappa shape index (κ2) is 7.63. The van der Waals surface area contributed by atoms with E-state index >= 15 is 0 Å². The van der Waals surface area contributed by atoms with Crippen LogP contribution in [0, 0.1) is 0 Å². The molecule has 1 aromatic carbocycles. The van der Waals surface area contributed by atoms with Gasteiger partial charge in [0.1, 0.15) is 5.03 Å². The Morgan fingerprint density at radius 3 is 2.63 bits per heavy atom. The van der Waals surface area contributed by atoms with Crippen molar-refractivity contribution >= 4 is 17.4 Å². The van der Waals surface area contributed by atoms with Crippen molar-refractivity contribution in [1.29, 1.82) is 0 Å². The van der Waals surface area contributed by atoms with Crippen LogP contribution in [0.5, 0.6) is 11.5 Å². The van der Waals surface area contributed by atoms with E-state index in [-0.39, 0.29) is 0 Å². The number of nitrogens with zero attached hydrogens (tertiary/aromatic N) is 5. The fourth-order valence-corrected chi connectivity index (χ4v) is 3.41. The molecule has 0 N–H and O–H groups in total. The Hall–Kier alpha value is -3.13. The molecule has 0 bridgehead atoms. The van der Waals surface area contributed by atoms with Crippen LogP contribution in [0.1, 0.15) is 5.69 Å². The minimum atomic E-state index is 0.632. The number of methoxy groups -OCH3 is 2. The van der Waals surface area contributed by atoms with E-state index < -0.39 is 0 Å². The number of ether oxygens (including phenoxy) is 2. The van der Waals surface area contributed by atoms with Gasteiger partial charge in [-0.15, -0.1) is 10.2 Å². The van der Waals surface area contributed by atoms with Gasteiger partial charge >= 0.3 is 0 Å². The molecule has 0 spiro atoms. The number of rotatable bonds is 6. The van der Waals surface area contributed by atoms with Gasteiger partial charge in [0.05, 0.1) is 19.9 Å². The third-order valence-electron chi connectivity index (χ3n) is 3.97. The highest BCUT2D eigenvalue weighted by Crippen LogP contribution is 2.31. The normalized spacial score (nSPS) is 10.9. The third kappa shape index (κ3) is 3.56. The third-order valence-corrected chi connectivity index (χ3v) is 4.93. The van der Waals surface area contributed by atoms with Crippen molar-refractivity contribution in [2.24, 2.45) is 0 Å². The number of aromatic nitrogens is 5. The number of benzene rings is 1. The van der Waals surface area contributed by atoms with Crippen LogP contribution in [-0.2, 0) is 5.75 Å². The summed E-state index contributed by atoms with van der Waals surface area (Å²) in [5.74, 6) is 2.68. The molecule has 0 atom stereocenters. The molecule has 0 aliphatic heterocycles. The van der Waals surface area contributed by atoms with E-state index in [0.29, 0.717) is 23.0 Å². The monoisotopic (exact) mass is 379 g/mol. The van der Waals surface area contributed by atoms with E-state index in [4.69, 9.17) is 9.47 Å². The lowest BCUT2D eigenvalue weighted by atomic mass is 10.2. The van der Waals surface area contributed by atoms with Crippen molar-refractivity contribution in [1.82, 2.24) is 24.8 Å². The van der Waals surface area contributed by atoms with Gasteiger partial charge in [0, 0.05) is 17.5 Å². The molecule has 0 unspecified atom stereocenters. The maximum Gasteiger partial charge on any atom is 0.185 e. The summed E-state index contributed by atoms with van der Waals surface area (Å²) in [6.07, 6.45) is 1.79. The largest absolute Gasteiger partial charge is 0.493 e. The fraction of sp³-hybridized carbons (Fsp3) is 0.158. The van der Waals surface area contributed by atoms with Crippen LogP contribution in [0.15, 0.2) is 59.8 Å². The van der Waals surface area contributed by atoms with Gasteiger partial charge in [-0.2, -0.15) is 9.61 Å². The van der Waals surface area contributed by atoms with Crippen molar-refractivity contribution in [2.75, 3.05) is 14.2 Å². The van der Waals surface area contributed by atoms with Crippen molar-refractivity contribution in [2.45, 2.75) is 10.8 Å². The van der Waals surface area contributed by atoms with Gasteiger partial charge in [0.15, 0.2) is 23.0 Å². The molecule has 4 rings (SSSR count). The highest BCUT2D eigenvalue weighted by atomic mass is 32.2. The molecule has 136 valence electrons. The topological polar surface area (TPSA) is 74.4 Å². The number of hydrogen-bond donors (Lipinski definition) is 0. The van der Waals surface area contributed by atoms with Crippen molar-refractivity contribution in [3.05, 3.63) is 60.4 Å². The SMILES string of the molecule is COc1ccc(-c2nnc3ccc(SCc4ccccn4)nn23)cc1OC. The maximum absolute atomic E-state index is 5.38. The molecule has 3 aromatic heterocycles. The molecule has 0 saturated carbocycles. The molecule has 0 aliphatic rings. The first kappa shape index (κ1) is 17.3. The lowest BCUT2D eigenvalue weighted by Crippen LogP contribution is -1.98. The van der Waals surface area contributed by atoms with Crippen LogP contribution >= 0.6 is 11.8 Å². The van der Waals surface area contributed by atoms with Gasteiger partial charge in [0.2, 0.25) is 0 Å². The highest BCUT2D eigenvalue weighted by Gasteiger charge is 2.13. The average molecular weight is 379 g/mol. The molecule has 0 aliphatic carbocycles. The summed E-state index contributed by atoms with van der Waals surface area (Å²) in [5, 5.41) is 14.0.